The Bertz CT molecular complexity index is 1090. The first-order valence-electron chi connectivity index (χ1n) is 7.94. The molecule has 1 fully saturated rings. The second-order valence-corrected chi connectivity index (χ2v) is 10.4. The fourth-order valence-electron chi connectivity index (χ4n) is 2.66. The first-order valence-corrected chi connectivity index (χ1v) is 12.5. The summed E-state index contributed by atoms with van der Waals surface area (Å²) in [7, 11) is -16.3. The monoisotopic (exact) mass is 490 g/mol. The smallest absolute Gasteiger partial charge is 0.382 e. The van der Waals surface area contributed by atoms with Gasteiger partial charge in [-0.25, -0.2) is 18.7 Å². The Hall–Kier alpha value is -1.48. The van der Waals surface area contributed by atoms with E-state index in [9.17, 15) is 18.6 Å². The minimum absolute atomic E-state index is 0.0658. The molecule has 0 saturated carbocycles. The van der Waals surface area contributed by atoms with Crippen LogP contribution in [0.4, 0.5) is 11.8 Å². The molecular weight excluding hydrogens is 473 g/mol. The van der Waals surface area contributed by atoms with Crippen LogP contribution in [0.1, 0.15) is 19.1 Å². The number of aromatic nitrogens is 4. The topological polar surface area (TPSA) is 265 Å². The summed E-state index contributed by atoms with van der Waals surface area (Å²) in [6.07, 6.45) is 0.826. The Kier molecular flexibility index (Phi) is 6.35. The van der Waals surface area contributed by atoms with E-state index in [0.717, 1.165) is 0 Å². The van der Waals surface area contributed by atoms with E-state index in [1.165, 1.54) is 10.9 Å². The highest BCUT2D eigenvalue weighted by Gasteiger charge is 2.41. The third-order valence-electron chi connectivity index (χ3n) is 3.70. The molecule has 168 valence electrons. The van der Waals surface area contributed by atoms with Crippen molar-refractivity contribution in [1.29, 1.82) is 0 Å². The summed E-state index contributed by atoms with van der Waals surface area (Å²) in [5.74, 6) is 0.0161. The largest absolute Gasteiger partial charge is 0.490 e. The van der Waals surface area contributed by atoms with Crippen LogP contribution in [-0.4, -0.2) is 51.8 Å². The Labute approximate surface area is 167 Å². The van der Waals surface area contributed by atoms with Gasteiger partial charge >= 0.3 is 23.5 Å². The molecule has 1 aliphatic heterocycles. The maximum Gasteiger partial charge on any atom is 0.490 e. The molecule has 3 rings (SSSR count). The molecule has 0 bridgehead atoms. The van der Waals surface area contributed by atoms with E-state index in [-0.39, 0.29) is 11.8 Å². The summed E-state index contributed by atoms with van der Waals surface area (Å²) in [6.45, 7) is -0.550. The van der Waals surface area contributed by atoms with Crippen LogP contribution < -0.4 is 11.5 Å². The lowest BCUT2D eigenvalue weighted by molar-refractivity contribution is -0.0205. The normalized spacial score (nSPS) is 24.0. The molecule has 0 amide bonds. The van der Waals surface area contributed by atoms with Crippen molar-refractivity contribution in [3.63, 3.8) is 0 Å². The van der Waals surface area contributed by atoms with Crippen molar-refractivity contribution in [3.8, 4) is 0 Å². The fraction of sp³-hybridized carbons (Fsp3) is 0.500. The predicted molar refractivity (Wildman–Crippen MR) is 97.1 cm³/mol. The molecular formula is C10H17N6O11P3. The zero-order valence-corrected chi connectivity index (χ0v) is 17.5. The van der Waals surface area contributed by atoms with Crippen LogP contribution in [-0.2, 0) is 31.6 Å². The molecule has 30 heavy (non-hydrogen) atoms. The van der Waals surface area contributed by atoms with Crippen LogP contribution in [0.5, 0.6) is 0 Å². The predicted octanol–water partition coefficient (Wildman–Crippen LogP) is 0.0116. The van der Waals surface area contributed by atoms with E-state index < -0.39 is 42.4 Å². The lowest BCUT2D eigenvalue weighted by atomic mass is 10.2. The van der Waals surface area contributed by atoms with Gasteiger partial charge in [0.05, 0.1) is 19.0 Å². The summed E-state index contributed by atoms with van der Waals surface area (Å²) in [5.41, 5.74) is 11.9. The van der Waals surface area contributed by atoms with E-state index in [2.05, 4.69) is 28.1 Å². The summed E-state index contributed by atoms with van der Waals surface area (Å²) in [5, 5.41) is 0. The molecule has 8 N–H and O–H groups in total. The lowest BCUT2D eigenvalue weighted by Crippen LogP contribution is -2.16. The van der Waals surface area contributed by atoms with Gasteiger partial charge in [-0.15, -0.1) is 0 Å². The van der Waals surface area contributed by atoms with Gasteiger partial charge in [0.15, 0.2) is 11.5 Å². The van der Waals surface area contributed by atoms with E-state index in [1.807, 2.05) is 0 Å². The van der Waals surface area contributed by atoms with E-state index in [1.54, 1.807) is 0 Å². The second-order valence-electron chi connectivity index (χ2n) is 5.97. The average Bonchev–Trinajstić information content (AvgIpc) is 3.15. The number of hydrogen-bond donors (Lipinski definition) is 6. The van der Waals surface area contributed by atoms with Crippen molar-refractivity contribution in [3.05, 3.63) is 6.33 Å². The number of nitrogens with two attached hydrogens (primary N) is 2. The van der Waals surface area contributed by atoms with Crippen LogP contribution in [0, 0.1) is 0 Å². The molecule has 0 aliphatic carbocycles. The maximum absolute atomic E-state index is 11.8. The minimum Gasteiger partial charge on any atom is -0.382 e. The van der Waals surface area contributed by atoms with Crippen LogP contribution in [0.25, 0.3) is 11.2 Å². The fourth-order valence-corrected chi connectivity index (χ4v) is 5.71. The Morgan fingerprint density at radius 1 is 1.10 bits per heavy atom. The SMILES string of the molecule is Nc1nc(N)c2ncn([C@H]3CC[C@@H](COP(=O)(O)OP(=O)(O)OP(=O)(O)O)O3)c2n1. The number of anilines is 2. The molecule has 20 heteroatoms. The van der Waals surface area contributed by atoms with E-state index in [4.69, 9.17) is 30.9 Å². The van der Waals surface area contributed by atoms with Gasteiger partial charge in [-0.2, -0.15) is 18.6 Å². The molecule has 4 atom stereocenters. The number of nitrogens with zero attached hydrogens (tertiary/aromatic N) is 4. The van der Waals surface area contributed by atoms with Gasteiger partial charge in [-0.1, -0.05) is 0 Å². The molecule has 1 aliphatic rings. The molecule has 3 heterocycles. The Balaban J connectivity index is 1.61. The highest BCUT2D eigenvalue weighted by molar-refractivity contribution is 7.66. The van der Waals surface area contributed by atoms with Crippen molar-refractivity contribution in [2.75, 3.05) is 18.1 Å². The number of hydrogen-bond acceptors (Lipinski definition) is 12. The molecule has 0 aromatic carbocycles. The van der Waals surface area contributed by atoms with Gasteiger partial charge in [0, 0.05) is 0 Å². The lowest BCUT2D eigenvalue weighted by Gasteiger charge is -2.18. The minimum atomic E-state index is -5.58. The highest BCUT2D eigenvalue weighted by Crippen LogP contribution is 2.66. The van der Waals surface area contributed by atoms with Crippen molar-refractivity contribution in [1.82, 2.24) is 19.5 Å². The summed E-state index contributed by atoms with van der Waals surface area (Å²) < 4.78 is 52.7. The van der Waals surface area contributed by atoms with Crippen LogP contribution in [0.3, 0.4) is 0 Å². The zero-order chi connectivity index (χ0) is 22.3. The Morgan fingerprint density at radius 2 is 1.80 bits per heavy atom. The quantitative estimate of drug-likeness (QED) is 0.266. The summed E-state index contributed by atoms with van der Waals surface area (Å²) in [6, 6.07) is 0. The van der Waals surface area contributed by atoms with Crippen molar-refractivity contribution >= 4 is 46.4 Å². The van der Waals surface area contributed by atoms with Gasteiger partial charge in [0.25, 0.3) is 0 Å². The van der Waals surface area contributed by atoms with Gasteiger partial charge in [0.2, 0.25) is 5.95 Å². The van der Waals surface area contributed by atoms with Gasteiger partial charge in [-0.05, 0) is 12.8 Å². The molecule has 2 aromatic heterocycles. The van der Waals surface area contributed by atoms with Gasteiger partial charge in [-0.3, -0.25) is 9.09 Å². The zero-order valence-electron chi connectivity index (χ0n) is 14.8. The van der Waals surface area contributed by atoms with Crippen LogP contribution >= 0.6 is 23.5 Å². The van der Waals surface area contributed by atoms with E-state index >= 15 is 0 Å². The summed E-state index contributed by atoms with van der Waals surface area (Å²) in [4.78, 5) is 47.5. The molecule has 17 nitrogen and oxygen atoms in total. The molecule has 0 spiro atoms. The number of ether oxygens (including phenoxy) is 1. The number of phosphoric ester groups is 1. The highest BCUT2D eigenvalue weighted by atomic mass is 31.3. The number of phosphoric acid groups is 3. The average molecular weight is 490 g/mol. The van der Waals surface area contributed by atoms with Crippen molar-refractivity contribution in [2.45, 2.75) is 25.2 Å². The molecule has 2 unspecified atom stereocenters. The first kappa shape index (κ1) is 23.2. The molecule has 1 saturated heterocycles. The Morgan fingerprint density at radius 3 is 2.47 bits per heavy atom. The van der Waals surface area contributed by atoms with Gasteiger partial charge < -0.3 is 35.8 Å². The number of nitrogen functional groups attached to an aromatic ring is 2. The molecule has 2 aromatic rings. The molecule has 0 radical (unpaired) electrons. The van der Waals surface area contributed by atoms with Crippen LogP contribution in [0.2, 0.25) is 0 Å². The first-order chi connectivity index (χ1) is 13.7. The van der Waals surface area contributed by atoms with Crippen molar-refractivity contribution in [2.24, 2.45) is 0 Å². The van der Waals surface area contributed by atoms with Crippen molar-refractivity contribution < 1.29 is 51.2 Å². The number of fused-ring (bicyclic) bond motifs is 1. The summed E-state index contributed by atoms with van der Waals surface area (Å²) >= 11 is 0. The van der Waals surface area contributed by atoms with Crippen LogP contribution in [0.15, 0.2) is 6.33 Å². The van der Waals surface area contributed by atoms with E-state index in [0.29, 0.717) is 24.0 Å². The third kappa shape index (κ3) is 5.81. The second kappa shape index (κ2) is 8.22. The van der Waals surface area contributed by atoms with Gasteiger partial charge in [0.1, 0.15) is 11.7 Å². The maximum atomic E-state index is 11.8. The standard InChI is InChI=1S/C10H17N6O11P3/c11-8-7-9(15-10(12)14-8)16(4-13-7)6-2-1-5(25-6)3-24-29(20,21)27-30(22,23)26-28(17,18)19/h4-6H,1-3H2,(H,20,21)(H,22,23)(H2,17,18,19)(H4,11,12,14,15)/t5-,6+/m0/s1. The number of imidazole rings is 1. The third-order valence-corrected chi connectivity index (χ3v) is 7.50. The number of rotatable bonds is 8.